The van der Waals surface area contributed by atoms with Crippen molar-refractivity contribution < 1.29 is 9.53 Å². The van der Waals surface area contributed by atoms with Gasteiger partial charge in [-0.3, -0.25) is 4.79 Å². The molecule has 1 aromatic rings. The first-order valence-electron chi connectivity index (χ1n) is 8.40. The average Bonchev–Trinajstić information content (AvgIpc) is 2.54. The number of carbonyl (C=O) groups is 1. The first-order chi connectivity index (χ1) is 11.0. The van der Waals surface area contributed by atoms with Crippen LogP contribution in [0, 0.1) is 5.92 Å². The summed E-state index contributed by atoms with van der Waals surface area (Å²) in [4.78, 5) is 16.9. The van der Waals surface area contributed by atoms with E-state index >= 15 is 0 Å². The molecule has 1 saturated heterocycles. The summed E-state index contributed by atoms with van der Waals surface area (Å²) >= 11 is 0. The fourth-order valence-corrected chi connectivity index (χ4v) is 2.90. The Morgan fingerprint density at radius 2 is 2.17 bits per heavy atom. The number of para-hydroxylation sites is 1. The van der Waals surface area contributed by atoms with Crippen molar-refractivity contribution in [1.82, 2.24) is 9.80 Å². The zero-order valence-electron chi connectivity index (χ0n) is 14.5. The molecule has 1 heterocycles. The molecule has 1 fully saturated rings. The van der Waals surface area contributed by atoms with E-state index in [1.807, 2.05) is 50.2 Å². The van der Waals surface area contributed by atoms with E-state index < -0.39 is 0 Å². The van der Waals surface area contributed by atoms with E-state index in [9.17, 15) is 4.79 Å². The fourth-order valence-electron chi connectivity index (χ4n) is 2.90. The Hall–Kier alpha value is -1.59. The highest BCUT2D eigenvalue weighted by Gasteiger charge is 2.27. The zero-order valence-corrected chi connectivity index (χ0v) is 14.5. The minimum Gasteiger partial charge on any atom is -0.491 e. The van der Waals surface area contributed by atoms with Crippen LogP contribution in [-0.2, 0) is 0 Å². The number of piperidine rings is 1. The van der Waals surface area contributed by atoms with Crippen LogP contribution < -0.4 is 10.5 Å². The highest BCUT2D eigenvalue weighted by atomic mass is 16.5. The number of nitrogens with zero attached hydrogens (tertiary/aromatic N) is 2. The SMILES string of the molecule is C[C@@H](N)[C@H]1CCCN(C(=O)c2ccccc2OCCN(C)C)C1. The number of amides is 1. The quantitative estimate of drug-likeness (QED) is 0.869. The molecule has 1 aliphatic heterocycles. The van der Waals surface area contributed by atoms with Crippen molar-refractivity contribution >= 4 is 5.91 Å². The summed E-state index contributed by atoms with van der Waals surface area (Å²) in [7, 11) is 4.00. The largest absolute Gasteiger partial charge is 0.491 e. The van der Waals surface area contributed by atoms with Gasteiger partial charge < -0.3 is 20.3 Å². The summed E-state index contributed by atoms with van der Waals surface area (Å²) in [5, 5.41) is 0. The van der Waals surface area contributed by atoms with Crippen LogP contribution in [0.5, 0.6) is 5.75 Å². The molecule has 0 spiro atoms. The Bertz CT molecular complexity index is 517. The van der Waals surface area contributed by atoms with Gasteiger partial charge in [0.15, 0.2) is 0 Å². The van der Waals surface area contributed by atoms with E-state index in [0.29, 0.717) is 23.8 Å². The van der Waals surface area contributed by atoms with Gasteiger partial charge in [-0.1, -0.05) is 12.1 Å². The number of carbonyl (C=O) groups excluding carboxylic acids is 1. The summed E-state index contributed by atoms with van der Waals surface area (Å²) < 4.78 is 5.82. The van der Waals surface area contributed by atoms with Gasteiger partial charge in [0.2, 0.25) is 0 Å². The Balaban J connectivity index is 2.06. The molecule has 2 rings (SSSR count). The molecule has 1 amide bonds. The van der Waals surface area contributed by atoms with E-state index in [4.69, 9.17) is 10.5 Å². The first kappa shape index (κ1) is 17.8. The lowest BCUT2D eigenvalue weighted by atomic mass is 9.92. The van der Waals surface area contributed by atoms with Gasteiger partial charge in [0, 0.05) is 25.7 Å². The molecule has 5 nitrogen and oxygen atoms in total. The Morgan fingerprint density at radius 3 is 2.87 bits per heavy atom. The maximum absolute atomic E-state index is 12.9. The second-order valence-electron chi connectivity index (χ2n) is 6.66. The number of hydrogen-bond acceptors (Lipinski definition) is 4. The lowest BCUT2D eigenvalue weighted by Crippen LogP contribution is -2.45. The maximum Gasteiger partial charge on any atom is 0.257 e. The molecule has 1 aromatic carbocycles. The Kier molecular flexibility index (Phi) is 6.42. The van der Waals surface area contributed by atoms with Gasteiger partial charge in [-0.15, -0.1) is 0 Å². The van der Waals surface area contributed by atoms with Crippen molar-refractivity contribution in [2.24, 2.45) is 11.7 Å². The third-order valence-electron chi connectivity index (χ3n) is 4.40. The van der Waals surface area contributed by atoms with Gasteiger partial charge in [-0.2, -0.15) is 0 Å². The highest BCUT2D eigenvalue weighted by molar-refractivity contribution is 5.97. The molecule has 128 valence electrons. The number of nitrogens with two attached hydrogens (primary N) is 1. The summed E-state index contributed by atoms with van der Waals surface area (Å²) in [6, 6.07) is 7.64. The molecule has 2 N–H and O–H groups in total. The highest BCUT2D eigenvalue weighted by Crippen LogP contribution is 2.24. The summed E-state index contributed by atoms with van der Waals surface area (Å²) in [5.41, 5.74) is 6.67. The molecule has 0 unspecified atom stereocenters. The molecule has 0 bridgehead atoms. The molecule has 0 radical (unpaired) electrons. The van der Waals surface area contributed by atoms with Gasteiger partial charge in [0.25, 0.3) is 5.91 Å². The van der Waals surface area contributed by atoms with E-state index in [-0.39, 0.29) is 11.9 Å². The molecule has 2 atom stereocenters. The van der Waals surface area contributed by atoms with E-state index in [1.54, 1.807) is 0 Å². The van der Waals surface area contributed by atoms with Crippen LogP contribution in [0.25, 0.3) is 0 Å². The summed E-state index contributed by atoms with van der Waals surface area (Å²) in [6.45, 7) is 4.95. The van der Waals surface area contributed by atoms with Crippen molar-refractivity contribution in [3.63, 3.8) is 0 Å². The smallest absolute Gasteiger partial charge is 0.257 e. The molecule has 0 aromatic heterocycles. The topological polar surface area (TPSA) is 58.8 Å². The average molecular weight is 319 g/mol. The van der Waals surface area contributed by atoms with Crippen LogP contribution in [0.2, 0.25) is 0 Å². The number of likely N-dealkylation sites (tertiary alicyclic amines) is 1. The van der Waals surface area contributed by atoms with Gasteiger partial charge in [0.1, 0.15) is 12.4 Å². The maximum atomic E-state index is 12.9. The van der Waals surface area contributed by atoms with Gasteiger partial charge in [-0.05, 0) is 51.9 Å². The normalized spacial score (nSPS) is 19.7. The Labute approximate surface area is 139 Å². The molecule has 0 saturated carbocycles. The van der Waals surface area contributed by atoms with Crippen molar-refractivity contribution in [1.29, 1.82) is 0 Å². The minimum atomic E-state index is 0.0517. The van der Waals surface area contributed by atoms with Crippen LogP contribution in [-0.4, -0.2) is 62.1 Å². The number of rotatable bonds is 6. The van der Waals surface area contributed by atoms with Gasteiger partial charge in [-0.25, -0.2) is 0 Å². The molecule has 23 heavy (non-hydrogen) atoms. The van der Waals surface area contributed by atoms with E-state index in [1.165, 1.54) is 0 Å². The Morgan fingerprint density at radius 1 is 1.43 bits per heavy atom. The molecule has 5 heteroatoms. The van der Waals surface area contributed by atoms with Gasteiger partial charge in [0.05, 0.1) is 5.56 Å². The molecule has 1 aliphatic rings. The molecular formula is C18H29N3O2. The number of likely N-dealkylation sites (N-methyl/N-ethyl adjacent to an activating group) is 1. The van der Waals surface area contributed by atoms with Crippen LogP contribution in [0.1, 0.15) is 30.1 Å². The number of benzene rings is 1. The molecular weight excluding hydrogens is 290 g/mol. The summed E-state index contributed by atoms with van der Waals surface area (Å²) in [6.07, 6.45) is 2.12. The number of hydrogen-bond donors (Lipinski definition) is 1. The second kappa shape index (κ2) is 8.31. The lowest BCUT2D eigenvalue weighted by molar-refractivity contribution is 0.0656. The van der Waals surface area contributed by atoms with E-state index in [0.717, 1.165) is 32.5 Å². The zero-order chi connectivity index (χ0) is 16.8. The third kappa shape index (κ3) is 4.94. The first-order valence-corrected chi connectivity index (χ1v) is 8.40. The van der Waals surface area contributed by atoms with Crippen LogP contribution >= 0.6 is 0 Å². The fraction of sp³-hybridized carbons (Fsp3) is 0.611. The van der Waals surface area contributed by atoms with Crippen molar-refractivity contribution in [2.45, 2.75) is 25.8 Å². The lowest BCUT2D eigenvalue weighted by Gasteiger charge is -2.35. The monoisotopic (exact) mass is 319 g/mol. The van der Waals surface area contributed by atoms with Crippen molar-refractivity contribution in [2.75, 3.05) is 40.3 Å². The summed E-state index contributed by atoms with van der Waals surface area (Å²) in [5.74, 6) is 1.10. The number of ether oxygens (including phenoxy) is 1. The van der Waals surface area contributed by atoms with Crippen molar-refractivity contribution in [3.8, 4) is 5.75 Å². The van der Waals surface area contributed by atoms with Crippen LogP contribution in [0.3, 0.4) is 0 Å². The van der Waals surface area contributed by atoms with Crippen LogP contribution in [0.15, 0.2) is 24.3 Å². The van der Waals surface area contributed by atoms with Crippen molar-refractivity contribution in [3.05, 3.63) is 29.8 Å². The second-order valence-corrected chi connectivity index (χ2v) is 6.66. The third-order valence-corrected chi connectivity index (χ3v) is 4.40. The molecule has 0 aliphatic carbocycles. The predicted octanol–water partition coefficient (Wildman–Crippen LogP) is 1.83. The standard InChI is InChI=1S/C18H29N3O2/c1-14(19)15-7-6-10-21(13-15)18(22)16-8-4-5-9-17(16)23-12-11-20(2)3/h4-5,8-9,14-15H,6-7,10-13,19H2,1-3H3/t14-,15+/m1/s1. The minimum absolute atomic E-state index is 0.0517. The van der Waals surface area contributed by atoms with Gasteiger partial charge >= 0.3 is 0 Å². The predicted molar refractivity (Wildman–Crippen MR) is 92.8 cm³/mol. The van der Waals surface area contributed by atoms with E-state index in [2.05, 4.69) is 4.90 Å². The van der Waals surface area contributed by atoms with Crippen LogP contribution in [0.4, 0.5) is 0 Å².